The second-order valence-corrected chi connectivity index (χ2v) is 8.68. The third-order valence-corrected chi connectivity index (χ3v) is 6.92. The number of piperidine rings is 1. The van der Waals surface area contributed by atoms with E-state index in [-0.39, 0.29) is 23.1 Å². The van der Waals surface area contributed by atoms with Crippen LogP contribution in [0.5, 0.6) is 0 Å². The Morgan fingerprint density at radius 2 is 2.04 bits per heavy atom. The summed E-state index contributed by atoms with van der Waals surface area (Å²) >= 11 is 0. The van der Waals surface area contributed by atoms with Crippen LogP contribution in [0.1, 0.15) is 48.5 Å². The van der Waals surface area contributed by atoms with Crippen molar-refractivity contribution in [1.82, 2.24) is 4.31 Å². The first-order chi connectivity index (χ1) is 12.3. The van der Waals surface area contributed by atoms with Crippen LogP contribution in [-0.2, 0) is 24.3 Å². The van der Waals surface area contributed by atoms with Gasteiger partial charge in [0, 0.05) is 19.0 Å². The van der Waals surface area contributed by atoms with Crippen molar-refractivity contribution < 1.29 is 27.5 Å². The van der Waals surface area contributed by atoms with Crippen LogP contribution in [0.3, 0.4) is 0 Å². The van der Waals surface area contributed by atoms with Gasteiger partial charge in [0.2, 0.25) is 16.1 Å². The maximum Gasteiger partial charge on any atom is 0.347 e. The van der Waals surface area contributed by atoms with Crippen molar-refractivity contribution in [2.45, 2.75) is 56.6 Å². The molecule has 0 radical (unpaired) electrons. The molecule has 0 aromatic heterocycles. The Bertz CT molecular complexity index is 819. The van der Waals surface area contributed by atoms with Gasteiger partial charge in [0.25, 0.3) is 0 Å². The van der Waals surface area contributed by atoms with Crippen LogP contribution in [0.2, 0.25) is 0 Å². The fourth-order valence-corrected chi connectivity index (χ4v) is 5.05. The zero-order valence-corrected chi connectivity index (χ0v) is 15.8. The zero-order chi connectivity index (χ0) is 18.9. The average molecular weight is 381 g/mol. The van der Waals surface area contributed by atoms with E-state index in [1.807, 2.05) is 6.92 Å². The van der Waals surface area contributed by atoms with Gasteiger partial charge in [-0.1, -0.05) is 12.5 Å². The molecule has 0 amide bonds. The van der Waals surface area contributed by atoms with Gasteiger partial charge < -0.3 is 9.47 Å². The number of sulfonamides is 1. The van der Waals surface area contributed by atoms with E-state index >= 15 is 0 Å². The molecule has 0 saturated carbocycles. The van der Waals surface area contributed by atoms with E-state index in [0.717, 1.165) is 19.3 Å². The van der Waals surface area contributed by atoms with E-state index in [1.54, 1.807) is 13.0 Å². The molecule has 2 aliphatic rings. The first-order valence-corrected chi connectivity index (χ1v) is 10.2. The molecule has 3 rings (SSSR count). The average Bonchev–Trinajstić information content (AvgIpc) is 3.00. The molecule has 2 saturated heterocycles. The Hall–Kier alpha value is -1.93. The van der Waals surface area contributed by atoms with Gasteiger partial charge in [0.1, 0.15) is 0 Å². The van der Waals surface area contributed by atoms with Crippen molar-refractivity contribution >= 4 is 22.0 Å². The van der Waals surface area contributed by atoms with Crippen molar-refractivity contribution in [3.05, 3.63) is 29.3 Å². The van der Waals surface area contributed by atoms with Gasteiger partial charge in [-0.05, 0) is 44.4 Å². The van der Waals surface area contributed by atoms with Crippen LogP contribution >= 0.6 is 0 Å². The smallest absolute Gasteiger partial charge is 0.347 e. The van der Waals surface area contributed by atoms with E-state index in [0.29, 0.717) is 18.5 Å². The summed E-state index contributed by atoms with van der Waals surface area (Å²) in [5, 5.41) is 0. The topological polar surface area (TPSA) is 90.0 Å². The fraction of sp³-hybridized carbons (Fsp3) is 0.556. The third kappa shape index (κ3) is 3.61. The number of aryl methyl sites for hydroxylation is 1. The van der Waals surface area contributed by atoms with Crippen molar-refractivity contribution in [3.63, 3.8) is 0 Å². The van der Waals surface area contributed by atoms with Gasteiger partial charge in [0.15, 0.2) is 0 Å². The number of carbonyl (C=O) groups is 2. The number of ether oxygens (including phenoxy) is 2. The Labute approximate surface area is 153 Å². The molecular weight excluding hydrogens is 358 g/mol. The van der Waals surface area contributed by atoms with Gasteiger partial charge in [0.05, 0.1) is 17.1 Å². The number of carbonyl (C=O) groups excluding carboxylic acids is 2. The molecule has 142 valence electrons. The van der Waals surface area contributed by atoms with E-state index in [4.69, 9.17) is 9.47 Å². The number of hydrogen-bond donors (Lipinski definition) is 0. The van der Waals surface area contributed by atoms with Crippen LogP contribution in [0.15, 0.2) is 23.1 Å². The monoisotopic (exact) mass is 381 g/mol. The van der Waals surface area contributed by atoms with Crippen LogP contribution in [0.4, 0.5) is 0 Å². The van der Waals surface area contributed by atoms with Crippen LogP contribution in [-0.4, -0.2) is 50.0 Å². The summed E-state index contributed by atoms with van der Waals surface area (Å²) in [6.45, 7) is 4.29. The number of nitrogens with zero attached hydrogens (tertiary/aromatic N) is 1. The molecule has 7 nitrogen and oxygen atoms in total. The maximum absolute atomic E-state index is 13.0. The van der Waals surface area contributed by atoms with Gasteiger partial charge >= 0.3 is 11.9 Å². The predicted molar refractivity (Wildman–Crippen MR) is 93.2 cm³/mol. The molecule has 2 heterocycles. The molecule has 0 aliphatic carbocycles. The van der Waals surface area contributed by atoms with Crippen molar-refractivity contribution in [1.29, 1.82) is 0 Å². The van der Waals surface area contributed by atoms with E-state index in [9.17, 15) is 18.0 Å². The molecule has 0 spiro atoms. The molecule has 1 aromatic rings. The SMILES string of the molecule is Cc1ccc(S(=O)(=O)N2CCCC[C@@H]2C)cc1C(=O)O[C@H]1CCOC1=O. The highest BCUT2D eigenvalue weighted by atomic mass is 32.2. The number of cyclic esters (lactones) is 1. The second-order valence-electron chi connectivity index (χ2n) is 6.79. The van der Waals surface area contributed by atoms with Crippen LogP contribution < -0.4 is 0 Å². The molecule has 2 fully saturated rings. The lowest BCUT2D eigenvalue weighted by atomic mass is 10.1. The Kier molecular flexibility index (Phi) is 5.34. The van der Waals surface area contributed by atoms with Gasteiger partial charge in [-0.15, -0.1) is 0 Å². The van der Waals surface area contributed by atoms with Gasteiger partial charge in [-0.3, -0.25) is 0 Å². The highest BCUT2D eigenvalue weighted by Gasteiger charge is 2.33. The Morgan fingerprint density at radius 1 is 1.27 bits per heavy atom. The molecule has 0 unspecified atom stereocenters. The Balaban J connectivity index is 1.87. The molecule has 2 atom stereocenters. The van der Waals surface area contributed by atoms with Gasteiger partial charge in [-0.2, -0.15) is 4.31 Å². The highest BCUT2D eigenvalue weighted by molar-refractivity contribution is 7.89. The van der Waals surface area contributed by atoms with E-state index in [2.05, 4.69) is 0 Å². The standard InChI is InChI=1S/C18H23NO6S/c1-12-6-7-14(26(22,23)19-9-4-3-5-13(19)2)11-15(12)17(20)25-16-8-10-24-18(16)21/h6-7,11,13,16H,3-5,8-10H2,1-2H3/t13-,16-/m0/s1. The van der Waals surface area contributed by atoms with E-state index < -0.39 is 28.1 Å². The minimum absolute atomic E-state index is 0.0674. The van der Waals surface area contributed by atoms with E-state index in [1.165, 1.54) is 16.4 Å². The first-order valence-electron chi connectivity index (χ1n) is 8.81. The molecule has 0 N–H and O–H groups in total. The predicted octanol–water partition coefficient (Wildman–Crippen LogP) is 2.03. The minimum atomic E-state index is -3.69. The summed E-state index contributed by atoms with van der Waals surface area (Å²) in [5.74, 6) is -1.28. The summed E-state index contributed by atoms with van der Waals surface area (Å²) in [7, 11) is -3.69. The maximum atomic E-state index is 13.0. The fourth-order valence-electron chi connectivity index (χ4n) is 3.32. The number of hydrogen-bond acceptors (Lipinski definition) is 6. The zero-order valence-electron chi connectivity index (χ0n) is 14.9. The lowest BCUT2D eigenvalue weighted by Crippen LogP contribution is -2.42. The second kappa shape index (κ2) is 7.36. The quantitative estimate of drug-likeness (QED) is 0.742. The highest BCUT2D eigenvalue weighted by Crippen LogP contribution is 2.27. The number of benzene rings is 1. The van der Waals surface area contributed by atoms with Crippen LogP contribution in [0.25, 0.3) is 0 Å². The summed E-state index contributed by atoms with van der Waals surface area (Å²) in [4.78, 5) is 24.0. The lowest BCUT2D eigenvalue weighted by Gasteiger charge is -2.32. The molecule has 8 heteroatoms. The minimum Gasteiger partial charge on any atom is -0.463 e. The summed E-state index contributed by atoms with van der Waals surface area (Å²) in [6, 6.07) is 4.37. The largest absolute Gasteiger partial charge is 0.463 e. The summed E-state index contributed by atoms with van der Waals surface area (Å²) < 4.78 is 37.4. The molecule has 26 heavy (non-hydrogen) atoms. The number of rotatable bonds is 4. The summed E-state index contributed by atoms with van der Waals surface area (Å²) in [6.07, 6.45) is 2.05. The number of esters is 2. The van der Waals surface area contributed by atoms with Crippen molar-refractivity contribution in [2.75, 3.05) is 13.2 Å². The molecular formula is C18H23NO6S. The van der Waals surface area contributed by atoms with Crippen LogP contribution in [0, 0.1) is 6.92 Å². The lowest BCUT2D eigenvalue weighted by molar-refractivity contribution is -0.145. The molecule has 2 aliphatic heterocycles. The first kappa shape index (κ1) is 18.8. The van der Waals surface area contributed by atoms with Crippen molar-refractivity contribution in [3.8, 4) is 0 Å². The third-order valence-electron chi connectivity index (χ3n) is 4.91. The normalized spacial score (nSPS) is 24.3. The Morgan fingerprint density at radius 3 is 2.69 bits per heavy atom. The molecule has 1 aromatic carbocycles. The van der Waals surface area contributed by atoms with Gasteiger partial charge in [-0.25, -0.2) is 18.0 Å². The van der Waals surface area contributed by atoms with Crippen molar-refractivity contribution in [2.24, 2.45) is 0 Å². The summed E-state index contributed by atoms with van der Waals surface area (Å²) in [5.41, 5.74) is 0.738. The molecule has 0 bridgehead atoms.